The molecule has 0 aliphatic heterocycles. The van der Waals surface area contributed by atoms with Crippen LogP contribution in [0.5, 0.6) is 11.5 Å². The predicted octanol–water partition coefficient (Wildman–Crippen LogP) is 3.62. The first-order valence-electron chi connectivity index (χ1n) is 6.88. The Hall–Kier alpha value is -2.34. The second kappa shape index (κ2) is 7.78. The van der Waals surface area contributed by atoms with Crippen LogP contribution in [0.3, 0.4) is 0 Å². The molecule has 0 aliphatic rings. The molecule has 0 atom stereocenters. The van der Waals surface area contributed by atoms with E-state index in [4.69, 9.17) is 9.47 Å². The molecule has 0 heterocycles. The second-order valence-corrected chi connectivity index (χ2v) is 5.54. The average Bonchev–Trinajstić information content (AvgIpc) is 2.59. The molecule has 1 amide bonds. The zero-order valence-corrected chi connectivity index (χ0v) is 14.7. The van der Waals surface area contributed by atoms with Gasteiger partial charge in [0.1, 0.15) is 0 Å². The number of nitrogens with zero attached hydrogens (tertiary/aromatic N) is 1. The van der Waals surface area contributed by atoms with Crippen molar-refractivity contribution >= 4 is 27.5 Å². The Morgan fingerprint density at radius 3 is 2.43 bits per heavy atom. The van der Waals surface area contributed by atoms with Crippen LogP contribution in [-0.2, 0) is 0 Å². The Labute approximate surface area is 143 Å². The number of benzene rings is 2. The normalized spacial score (nSPS) is 11.0. The molecular formula is C17H17BrN2O3. The van der Waals surface area contributed by atoms with Crippen molar-refractivity contribution in [3.8, 4) is 11.5 Å². The van der Waals surface area contributed by atoms with Gasteiger partial charge in [-0.15, -0.1) is 0 Å². The molecule has 0 aromatic heterocycles. The summed E-state index contributed by atoms with van der Waals surface area (Å²) in [6.45, 7) is 1.81. The molecule has 5 nitrogen and oxygen atoms in total. The Balaban J connectivity index is 2.17. The van der Waals surface area contributed by atoms with Gasteiger partial charge < -0.3 is 9.47 Å². The van der Waals surface area contributed by atoms with E-state index in [-0.39, 0.29) is 5.91 Å². The van der Waals surface area contributed by atoms with Gasteiger partial charge in [0.25, 0.3) is 5.91 Å². The van der Waals surface area contributed by atoms with E-state index in [1.54, 1.807) is 38.5 Å². The third-order valence-electron chi connectivity index (χ3n) is 3.24. The third kappa shape index (κ3) is 4.10. The van der Waals surface area contributed by atoms with Gasteiger partial charge in [0.15, 0.2) is 11.5 Å². The maximum atomic E-state index is 12.1. The van der Waals surface area contributed by atoms with Crippen LogP contribution in [0.1, 0.15) is 22.8 Å². The fourth-order valence-electron chi connectivity index (χ4n) is 1.97. The molecule has 6 heteroatoms. The summed E-state index contributed by atoms with van der Waals surface area (Å²) in [6.07, 6.45) is 0. The summed E-state index contributed by atoms with van der Waals surface area (Å²) < 4.78 is 11.2. The molecule has 1 N–H and O–H groups in total. The van der Waals surface area contributed by atoms with Crippen molar-refractivity contribution in [1.82, 2.24) is 5.43 Å². The van der Waals surface area contributed by atoms with Crippen LogP contribution >= 0.6 is 15.9 Å². The summed E-state index contributed by atoms with van der Waals surface area (Å²) in [6, 6.07) is 12.6. The molecule has 0 fully saturated rings. The minimum atomic E-state index is -0.280. The molecule has 0 bridgehead atoms. The summed E-state index contributed by atoms with van der Waals surface area (Å²) in [4.78, 5) is 12.1. The van der Waals surface area contributed by atoms with Crippen molar-refractivity contribution in [3.05, 3.63) is 58.1 Å². The van der Waals surface area contributed by atoms with E-state index < -0.39 is 0 Å². The maximum absolute atomic E-state index is 12.1. The number of nitrogens with one attached hydrogen (secondary N) is 1. The monoisotopic (exact) mass is 376 g/mol. The van der Waals surface area contributed by atoms with Gasteiger partial charge in [-0.05, 0) is 53.2 Å². The van der Waals surface area contributed by atoms with E-state index in [0.717, 1.165) is 10.0 Å². The van der Waals surface area contributed by atoms with Crippen molar-refractivity contribution in [2.45, 2.75) is 6.92 Å². The highest BCUT2D eigenvalue weighted by Crippen LogP contribution is 2.27. The molecule has 2 aromatic carbocycles. The number of carbonyl (C=O) groups excluding carboxylic acids is 1. The lowest BCUT2D eigenvalue weighted by molar-refractivity contribution is 0.0954. The Kier molecular flexibility index (Phi) is 5.76. The van der Waals surface area contributed by atoms with Gasteiger partial charge in [0, 0.05) is 10.0 Å². The Morgan fingerprint density at radius 2 is 1.78 bits per heavy atom. The number of amides is 1. The number of hydrogen-bond acceptors (Lipinski definition) is 4. The van der Waals surface area contributed by atoms with Gasteiger partial charge in [-0.25, -0.2) is 5.43 Å². The lowest BCUT2D eigenvalue weighted by atomic mass is 10.1. The van der Waals surface area contributed by atoms with Crippen LogP contribution in [0.15, 0.2) is 52.0 Å². The molecule has 120 valence electrons. The first kappa shape index (κ1) is 17.0. The first-order valence-corrected chi connectivity index (χ1v) is 7.67. The minimum Gasteiger partial charge on any atom is -0.493 e. The van der Waals surface area contributed by atoms with Crippen LogP contribution in [0, 0.1) is 0 Å². The summed E-state index contributed by atoms with van der Waals surface area (Å²) >= 11 is 3.34. The Morgan fingerprint density at radius 1 is 1.09 bits per heavy atom. The largest absolute Gasteiger partial charge is 0.493 e. The molecule has 2 rings (SSSR count). The lowest BCUT2D eigenvalue weighted by Crippen LogP contribution is -2.19. The second-order valence-electron chi connectivity index (χ2n) is 4.69. The minimum absolute atomic E-state index is 0.280. The van der Waals surface area contributed by atoms with Crippen molar-refractivity contribution < 1.29 is 14.3 Å². The number of hydrazone groups is 1. The van der Waals surface area contributed by atoms with E-state index >= 15 is 0 Å². The molecule has 0 saturated carbocycles. The maximum Gasteiger partial charge on any atom is 0.272 e. The van der Waals surface area contributed by atoms with Crippen LogP contribution in [0.4, 0.5) is 0 Å². The van der Waals surface area contributed by atoms with Crippen molar-refractivity contribution in [2.24, 2.45) is 5.10 Å². The molecule has 2 aromatic rings. The van der Waals surface area contributed by atoms with E-state index in [1.807, 2.05) is 25.1 Å². The standard InChI is InChI=1S/C17H17BrN2O3/c1-11(12-8-9-15(22-2)16(10-12)23-3)19-20-17(21)13-6-4-5-7-14(13)18/h4-10H,1-3H3,(H,20,21). The first-order chi connectivity index (χ1) is 11.1. The van der Waals surface area contributed by atoms with Gasteiger partial charge in [0.05, 0.1) is 25.5 Å². The van der Waals surface area contributed by atoms with Crippen molar-refractivity contribution in [1.29, 1.82) is 0 Å². The highest BCUT2D eigenvalue weighted by Gasteiger charge is 2.10. The number of hydrogen-bond donors (Lipinski definition) is 1. The summed E-state index contributed by atoms with van der Waals surface area (Å²) in [5.41, 5.74) is 4.56. The lowest BCUT2D eigenvalue weighted by Gasteiger charge is -2.09. The average molecular weight is 377 g/mol. The molecule has 0 unspecified atom stereocenters. The molecular weight excluding hydrogens is 360 g/mol. The Bertz CT molecular complexity index is 744. The molecule has 0 radical (unpaired) electrons. The highest BCUT2D eigenvalue weighted by molar-refractivity contribution is 9.10. The zero-order valence-electron chi connectivity index (χ0n) is 13.1. The van der Waals surface area contributed by atoms with Crippen molar-refractivity contribution in [2.75, 3.05) is 14.2 Å². The number of carbonyl (C=O) groups is 1. The predicted molar refractivity (Wildman–Crippen MR) is 93.4 cm³/mol. The fourth-order valence-corrected chi connectivity index (χ4v) is 2.43. The van der Waals surface area contributed by atoms with Gasteiger partial charge >= 0.3 is 0 Å². The number of halogens is 1. The van der Waals surface area contributed by atoms with Gasteiger partial charge in [-0.3, -0.25) is 4.79 Å². The van der Waals surface area contributed by atoms with Gasteiger partial charge in [-0.1, -0.05) is 12.1 Å². The SMILES string of the molecule is COc1ccc(C(C)=NNC(=O)c2ccccc2Br)cc1OC. The highest BCUT2D eigenvalue weighted by atomic mass is 79.9. The quantitative estimate of drug-likeness (QED) is 0.640. The van der Waals surface area contributed by atoms with Crippen LogP contribution < -0.4 is 14.9 Å². The van der Waals surface area contributed by atoms with E-state index in [9.17, 15) is 4.79 Å². The zero-order chi connectivity index (χ0) is 16.8. The summed E-state index contributed by atoms with van der Waals surface area (Å²) in [5, 5.41) is 4.14. The van der Waals surface area contributed by atoms with E-state index in [0.29, 0.717) is 22.8 Å². The summed E-state index contributed by atoms with van der Waals surface area (Å²) in [7, 11) is 3.15. The summed E-state index contributed by atoms with van der Waals surface area (Å²) in [5.74, 6) is 0.968. The molecule has 0 aliphatic carbocycles. The number of rotatable bonds is 5. The molecule has 0 spiro atoms. The van der Waals surface area contributed by atoms with Crippen LogP contribution in [-0.4, -0.2) is 25.8 Å². The van der Waals surface area contributed by atoms with Crippen molar-refractivity contribution in [3.63, 3.8) is 0 Å². The fraction of sp³-hybridized carbons (Fsp3) is 0.176. The van der Waals surface area contributed by atoms with Gasteiger partial charge in [-0.2, -0.15) is 5.10 Å². The van der Waals surface area contributed by atoms with E-state index in [1.165, 1.54) is 0 Å². The smallest absolute Gasteiger partial charge is 0.272 e. The third-order valence-corrected chi connectivity index (χ3v) is 3.94. The van der Waals surface area contributed by atoms with Crippen LogP contribution in [0.25, 0.3) is 0 Å². The van der Waals surface area contributed by atoms with E-state index in [2.05, 4.69) is 26.5 Å². The molecule has 23 heavy (non-hydrogen) atoms. The number of methoxy groups -OCH3 is 2. The molecule has 0 saturated heterocycles. The topological polar surface area (TPSA) is 59.9 Å². The van der Waals surface area contributed by atoms with Gasteiger partial charge in [0.2, 0.25) is 0 Å². The number of ether oxygens (including phenoxy) is 2. The van der Waals surface area contributed by atoms with Crippen LogP contribution in [0.2, 0.25) is 0 Å².